The van der Waals surface area contributed by atoms with Crippen LogP contribution in [0.5, 0.6) is 0 Å². The van der Waals surface area contributed by atoms with Crippen LogP contribution in [0, 0.1) is 6.92 Å². The highest BCUT2D eigenvalue weighted by Crippen LogP contribution is 2.32. The number of nitrogens with one attached hydrogen (secondary N) is 1. The van der Waals surface area contributed by atoms with Crippen molar-refractivity contribution >= 4 is 28.2 Å². The van der Waals surface area contributed by atoms with E-state index in [9.17, 15) is 4.79 Å². The number of aryl methyl sites for hydroxylation is 1. The molecular weight excluding hydrogens is 254 g/mol. The Bertz CT molecular complexity index is 815. The van der Waals surface area contributed by atoms with Gasteiger partial charge in [0.1, 0.15) is 0 Å². The van der Waals surface area contributed by atoms with Gasteiger partial charge < -0.3 is 15.1 Å². The summed E-state index contributed by atoms with van der Waals surface area (Å²) < 4.78 is 5.00. The fourth-order valence-electron chi connectivity index (χ4n) is 2.20. The first kappa shape index (κ1) is 12.3. The van der Waals surface area contributed by atoms with Gasteiger partial charge in [0.05, 0.1) is 16.9 Å². The summed E-state index contributed by atoms with van der Waals surface area (Å²) in [5.41, 5.74) is 10.7. The Hall–Kier alpha value is -2.69. The Kier molecular flexibility index (Phi) is 2.75. The van der Waals surface area contributed by atoms with Crippen molar-refractivity contribution in [2.75, 3.05) is 17.7 Å². The van der Waals surface area contributed by atoms with Gasteiger partial charge in [0.2, 0.25) is 0 Å². The van der Waals surface area contributed by atoms with Gasteiger partial charge in [0, 0.05) is 18.8 Å². The summed E-state index contributed by atoms with van der Waals surface area (Å²) >= 11 is 0. The Morgan fingerprint density at radius 1 is 1.20 bits per heavy atom. The highest BCUT2D eigenvalue weighted by atomic mass is 16.4. The van der Waals surface area contributed by atoms with Crippen LogP contribution in [0.2, 0.25) is 0 Å². The van der Waals surface area contributed by atoms with Crippen LogP contribution in [0.4, 0.5) is 17.1 Å². The topological polar surface area (TPSA) is 75.3 Å². The van der Waals surface area contributed by atoms with Crippen LogP contribution in [0.1, 0.15) is 5.56 Å². The number of hydrogen-bond acceptors (Lipinski definition) is 4. The average Bonchev–Trinajstić information content (AvgIpc) is 2.77. The van der Waals surface area contributed by atoms with Crippen molar-refractivity contribution in [3.63, 3.8) is 0 Å². The van der Waals surface area contributed by atoms with Crippen LogP contribution in [0.25, 0.3) is 11.1 Å². The summed E-state index contributed by atoms with van der Waals surface area (Å²) in [5.74, 6) is -0.477. The molecule has 0 saturated carbocycles. The molecule has 0 atom stereocenters. The molecule has 0 spiro atoms. The lowest BCUT2D eigenvalue weighted by molar-refractivity contribution is 0.555. The van der Waals surface area contributed by atoms with Gasteiger partial charge in [-0.25, -0.2) is 4.79 Å². The van der Waals surface area contributed by atoms with Crippen molar-refractivity contribution < 1.29 is 4.42 Å². The predicted octanol–water partition coefficient (Wildman–Crippen LogP) is 2.78. The van der Waals surface area contributed by atoms with Crippen molar-refractivity contribution in [2.45, 2.75) is 6.92 Å². The van der Waals surface area contributed by atoms with Gasteiger partial charge >= 0.3 is 5.76 Å². The molecule has 0 aliphatic heterocycles. The normalized spacial score (nSPS) is 10.9. The summed E-state index contributed by atoms with van der Waals surface area (Å²) in [4.78, 5) is 15.8. The summed E-state index contributed by atoms with van der Waals surface area (Å²) in [5, 5.41) is 0. The van der Waals surface area contributed by atoms with E-state index in [0.29, 0.717) is 16.8 Å². The zero-order valence-corrected chi connectivity index (χ0v) is 11.3. The van der Waals surface area contributed by atoms with Crippen molar-refractivity contribution in [2.24, 2.45) is 0 Å². The van der Waals surface area contributed by atoms with E-state index in [2.05, 4.69) is 4.98 Å². The second kappa shape index (κ2) is 4.45. The number of hydrogen-bond donors (Lipinski definition) is 2. The first-order valence-corrected chi connectivity index (χ1v) is 6.27. The first-order valence-electron chi connectivity index (χ1n) is 6.27. The number of oxazole rings is 1. The zero-order chi connectivity index (χ0) is 14.3. The molecule has 0 fully saturated rings. The van der Waals surface area contributed by atoms with Crippen molar-refractivity contribution in [3.8, 4) is 0 Å². The lowest BCUT2D eigenvalue weighted by Gasteiger charge is -2.21. The molecule has 0 amide bonds. The molecule has 0 radical (unpaired) electrons. The molecule has 102 valence electrons. The SMILES string of the molecule is Cc1ccc(N(C)c2cc3[nH]c(=O)oc3cc2N)cc1. The Balaban J connectivity index is 2.10. The van der Waals surface area contributed by atoms with E-state index in [0.717, 1.165) is 11.4 Å². The molecule has 20 heavy (non-hydrogen) atoms. The summed E-state index contributed by atoms with van der Waals surface area (Å²) in [7, 11) is 1.93. The summed E-state index contributed by atoms with van der Waals surface area (Å²) in [6, 6.07) is 11.6. The molecule has 3 rings (SSSR count). The Labute approximate surface area is 115 Å². The molecule has 0 aliphatic rings. The van der Waals surface area contributed by atoms with Crippen LogP contribution in [0.3, 0.4) is 0 Å². The highest BCUT2D eigenvalue weighted by Gasteiger charge is 2.11. The third kappa shape index (κ3) is 2.03. The number of rotatable bonds is 2. The largest absolute Gasteiger partial charge is 0.417 e. The van der Waals surface area contributed by atoms with Gasteiger partial charge in [-0.15, -0.1) is 0 Å². The summed E-state index contributed by atoms with van der Waals surface area (Å²) in [6.45, 7) is 2.04. The van der Waals surface area contributed by atoms with E-state index < -0.39 is 5.76 Å². The lowest BCUT2D eigenvalue weighted by Crippen LogP contribution is -2.11. The second-order valence-corrected chi connectivity index (χ2v) is 4.82. The van der Waals surface area contributed by atoms with Gasteiger partial charge in [-0.3, -0.25) is 4.98 Å². The number of aromatic nitrogens is 1. The minimum absolute atomic E-state index is 0.466. The molecule has 3 aromatic rings. The molecule has 0 bridgehead atoms. The molecular formula is C15H15N3O2. The maximum atomic E-state index is 11.2. The molecule has 5 heteroatoms. The van der Waals surface area contributed by atoms with Crippen LogP contribution < -0.4 is 16.4 Å². The monoisotopic (exact) mass is 269 g/mol. The van der Waals surface area contributed by atoms with Gasteiger partial charge in [-0.05, 0) is 25.1 Å². The summed E-state index contributed by atoms with van der Waals surface area (Å²) in [6.07, 6.45) is 0. The van der Waals surface area contributed by atoms with Crippen molar-refractivity contribution in [3.05, 3.63) is 52.5 Å². The van der Waals surface area contributed by atoms with Crippen molar-refractivity contribution in [1.82, 2.24) is 4.98 Å². The number of fused-ring (bicyclic) bond motifs is 1. The van der Waals surface area contributed by atoms with E-state index in [1.54, 1.807) is 6.07 Å². The molecule has 1 heterocycles. The minimum atomic E-state index is -0.477. The van der Waals surface area contributed by atoms with Crippen LogP contribution in [0.15, 0.2) is 45.6 Å². The van der Waals surface area contributed by atoms with E-state index in [-0.39, 0.29) is 0 Å². The van der Waals surface area contributed by atoms with E-state index in [1.165, 1.54) is 5.56 Å². The highest BCUT2D eigenvalue weighted by molar-refractivity contribution is 5.87. The maximum absolute atomic E-state index is 11.2. The van der Waals surface area contributed by atoms with Gasteiger partial charge in [-0.1, -0.05) is 17.7 Å². The lowest BCUT2D eigenvalue weighted by atomic mass is 10.2. The number of anilines is 3. The molecule has 0 aliphatic carbocycles. The maximum Gasteiger partial charge on any atom is 0.417 e. The van der Waals surface area contributed by atoms with Crippen molar-refractivity contribution in [1.29, 1.82) is 0 Å². The number of benzene rings is 2. The zero-order valence-electron chi connectivity index (χ0n) is 11.3. The molecule has 3 N–H and O–H groups in total. The first-order chi connectivity index (χ1) is 9.54. The number of nitrogen functional groups attached to an aromatic ring is 1. The smallest absolute Gasteiger partial charge is 0.408 e. The number of nitrogens with two attached hydrogens (primary N) is 1. The molecule has 2 aromatic carbocycles. The standard InChI is InChI=1S/C15H15N3O2/c1-9-3-5-10(6-4-9)18(2)13-8-12-14(7-11(13)16)20-15(19)17-12/h3-8H,16H2,1-2H3,(H,17,19). The molecule has 0 unspecified atom stereocenters. The Morgan fingerprint density at radius 3 is 2.60 bits per heavy atom. The number of nitrogens with zero attached hydrogens (tertiary/aromatic N) is 1. The Morgan fingerprint density at radius 2 is 1.90 bits per heavy atom. The van der Waals surface area contributed by atoms with Gasteiger partial charge in [0.15, 0.2) is 5.58 Å². The second-order valence-electron chi connectivity index (χ2n) is 4.82. The third-order valence-corrected chi connectivity index (χ3v) is 3.35. The van der Waals surface area contributed by atoms with Gasteiger partial charge in [-0.2, -0.15) is 0 Å². The van der Waals surface area contributed by atoms with Crippen LogP contribution in [-0.2, 0) is 0 Å². The predicted molar refractivity (Wildman–Crippen MR) is 80.5 cm³/mol. The minimum Gasteiger partial charge on any atom is -0.408 e. The van der Waals surface area contributed by atoms with Crippen LogP contribution in [-0.4, -0.2) is 12.0 Å². The fourth-order valence-corrected chi connectivity index (χ4v) is 2.20. The van der Waals surface area contributed by atoms with E-state index in [4.69, 9.17) is 10.2 Å². The third-order valence-electron chi connectivity index (χ3n) is 3.35. The molecule has 5 nitrogen and oxygen atoms in total. The fraction of sp³-hybridized carbons (Fsp3) is 0.133. The quantitative estimate of drug-likeness (QED) is 0.701. The van der Waals surface area contributed by atoms with E-state index in [1.807, 2.05) is 49.2 Å². The molecule has 1 aromatic heterocycles. The van der Waals surface area contributed by atoms with E-state index >= 15 is 0 Å². The number of H-pyrrole nitrogens is 1. The van der Waals surface area contributed by atoms with Gasteiger partial charge in [0.25, 0.3) is 0 Å². The molecule has 0 saturated heterocycles. The number of aromatic amines is 1. The average molecular weight is 269 g/mol. The van der Waals surface area contributed by atoms with Crippen LogP contribution >= 0.6 is 0 Å².